The molecule has 0 heterocycles. The lowest BCUT2D eigenvalue weighted by Gasteiger charge is -2.38. The van der Waals surface area contributed by atoms with Crippen LogP contribution in [0, 0.1) is 0 Å². The van der Waals surface area contributed by atoms with Crippen LogP contribution in [-0.2, 0) is 14.7 Å². The molecule has 118 valence electrons. The van der Waals surface area contributed by atoms with E-state index in [2.05, 4.69) is 6.58 Å². The van der Waals surface area contributed by atoms with E-state index in [0.717, 1.165) is 6.42 Å². The fourth-order valence-electron chi connectivity index (χ4n) is 2.06. The summed E-state index contributed by atoms with van der Waals surface area (Å²) in [5.74, 6) is -0.104. The van der Waals surface area contributed by atoms with Gasteiger partial charge in [-0.1, -0.05) is 13.5 Å². The Morgan fingerprint density at radius 2 is 2.10 bits per heavy atom. The number of nitrogens with zero attached hydrogens (tertiary/aromatic N) is 1. The predicted molar refractivity (Wildman–Crippen MR) is 90.9 cm³/mol. The summed E-state index contributed by atoms with van der Waals surface area (Å²) in [6.45, 7) is 8.68. The van der Waals surface area contributed by atoms with Crippen molar-refractivity contribution in [1.82, 2.24) is 4.90 Å². The third-order valence-corrected chi connectivity index (χ3v) is 7.45. The van der Waals surface area contributed by atoms with Gasteiger partial charge in [0, 0.05) is 24.4 Å². The van der Waals surface area contributed by atoms with Crippen molar-refractivity contribution in [3.8, 4) is 0 Å². The lowest BCUT2D eigenvalue weighted by molar-refractivity contribution is -0.126. The number of amides is 1. The number of carbonyl (C=O) groups is 1. The van der Waals surface area contributed by atoms with Crippen molar-refractivity contribution in [1.29, 1.82) is 0 Å². The molecule has 0 bridgehead atoms. The van der Waals surface area contributed by atoms with E-state index in [1.54, 1.807) is 4.90 Å². The molecule has 4 nitrogen and oxygen atoms in total. The Bertz CT molecular complexity index is 383. The number of thiol groups is 1. The van der Waals surface area contributed by atoms with E-state index in [4.69, 9.17) is 5.11 Å². The van der Waals surface area contributed by atoms with Gasteiger partial charge in [0.15, 0.2) is 0 Å². The third kappa shape index (κ3) is 5.41. The van der Waals surface area contributed by atoms with Crippen LogP contribution < -0.4 is 0 Å². The van der Waals surface area contributed by atoms with Crippen molar-refractivity contribution in [2.45, 2.75) is 37.3 Å². The van der Waals surface area contributed by atoms with E-state index in [1.165, 1.54) is 6.08 Å². The van der Waals surface area contributed by atoms with Crippen molar-refractivity contribution >= 4 is 23.7 Å². The molecule has 0 aliphatic rings. The lowest BCUT2D eigenvalue weighted by atomic mass is 9.87. The highest BCUT2D eigenvalue weighted by Gasteiger charge is 2.31. The van der Waals surface area contributed by atoms with Gasteiger partial charge in [0.1, 0.15) is 7.85 Å². The van der Waals surface area contributed by atoms with Gasteiger partial charge in [-0.25, -0.2) is 0 Å². The maximum atomic E-state index is 12.4. The lowest BCUT2D eigenvalue weighted by Crippen LogP contribution is -2.43. The Kier molecular flexibility index (Phi) is 7.74. The van der Waals surface area contributed by atoms with Crippen LogP contribution in [0.5, 0.6) is 0 Å². The quantitative estimate of drug-likeness (QED) is 0.365. The Hall–Kier alpha value is -0.615. The molecule has 0 saturated heterocycles. The maximum absolute atomic E-state index is 12.4. The van der Waals surface area contributed by atoms with Crippen molar-refractivity contribution in [3.05, 3.63) is 12.7 Å². The van der Waals surface area contributed by atoms with Gasteiger partial charge in [-0.15, -0.1) is 9.93 Å². The SMILES string of the molecule is BC(CO)CN(CCC(C)(CC)[SH](C)(C)=O)C(=O)C=C. The first-order valence-corrected chi connectivity index (χ1v) is 9.78. The van der Waals surface area contributed by atoms with Crippen LogP contribution in [0.2, 0.25) is 5.82 Å². The molecule has 1 amide bonds. The summed E-state index contributed by atoms with van der Waals surface area (Å²) in [4.78, 5) is 13.6. The predicted octanol–water partition coefficient (Wildman–Crippen LogP) is 0.250. The van der Waals surface area contributed by atoms with Crippen molar-refractivity contribution < 1.29 is 14.1 Å². The molecule has 1 N–H and O–H groups in total. The largest absolute Gasteiger partial charge is 0.397 e. The molecule has 0 aliphatic carbocycles. The molecule has 2 atom stereocenters. The monoisotopic (exact) mass is 303 g/mol. The molecular formula is C14H30BNO3S. The second-order valence-corrected chi connectivity index (χ2v) is 10.0. The molecule has 0 fully saturated rings. The zero-order valence-electron chi connectivity index (χ0n) is 13.6. The number of rotatable bonds is 9. The number of hydrogen-bond donors (Lipinski definition) is 2. The number of carbonyl (C=O) groups excluding carboxylic acids is 1. The van der Waals surface area contributed by atoms with Crippen LogP contribution in [-0.4, -0.2) is 64.9 Å². The number of aliphatic hydroxyl groups is 1. The summed E-state index contributed by atoms with van der Waals surface area (Å²) < 4.78 is 12.2. The van der Waals surface area contributed by atoms with E-state index in [1.807, 2.05) is 34.2 Å². The summed E-state index contributed by atoms with van der Waals surface area (Å²) in [6.07, 6.45) is 6.44. The molecule has 0 rings (SSSR count). The van der Waals surface area contributed by atoms with Crippen LogP contribution in [0.4, 0.5) is 0 Å². The standard InChI is InChI=1S/C14H30BNO3S/c1-6-13(18)16(10-12(15)11-17)9-8-14(3,7-2)20(4,5)19/h6,12,17,20H,1,7-11,15H2,2-5H3. The van der Waals surface area contributed by atoms with Gasteiger partial charge in [-0.05, 0) is 44.2 Å². The minimum absolute atomic E-state index is 0.0295. The van der Waals surface area contributed by atoms with E-state index < -0.39 is 9.93 Å². The second-order valence-electron chi connectivity index (χ2n) is 6.23. The molecule has 0 spiro atoms. The first-order chi connectivity index (χ1) is 9.11. The van der Waals surface area contributed by atoms with Crippen LogP contribution in [0.1, 0.15) is 26.7 Å². The molecule has 2 unspecified atom stereocenters. The molecule has 0 aliphatic heterocycles. The van der Waals surface area contributed by atoms with Gasteiger partial charge < -0.3 is 10.0 Å². The first kappa shape index (κ1) is 19.4. The second kappa shape index (κ2) is 7.98. The molecule has 0 radical (unpaired) electrons. The fourth-order valence-corrected chi connectivity index (χ4v) is 3.46. The average Bonchev–Trinajstić information content (AvgIpc) is 2.40. The minimum atomic E-state index is -2.24. The highest BCUT2D eigenvalue weighted by atomic mass is 32.2. The molecule has 0 aromatic carbocycles. The highest BCUT2D eigenvalue weighted by Crippen LogP contribution is 2.29. The minimum Gasteiger partial charge on any atom is -0.397 e. The van der Waals surface area contributed by atoms with Gasteiger partial charge in [0.25, 0.3) is 0 Å². The molecule has 6 heteroatoms. The maximum Gasteiger partial charge on any atom is 0.245 e. The summed E-state index contributed by atoms with van der Waals surface area (Å²) in [6, 6.07) is 0. The summed E-state index contributed by atoms with van der Waals surface area (Å²) in [5, 5.41) is 9.13. The Labute approximate surface area is 125 Å². The van der Waals surface area contributed by atoms with E-state index in [-0.39, 0.29) is 23.1 Å². The Balaban J connectivity index is 4.87. The van der Waals surface area contributed by atoms with Gasteiger partial charge in [0.05, 0.1) is 0 Å². The van der Waals surface area contributed by atoms with Crippen molar-refractivity contribution in [2.75, 3.05) is 32.2 Å². The normalized spacial score (nSPS) is 17.1. The fraction of sp³-hybridized carbons (Fsp3) is 0.786. The van der Waals surface area contributed by atoms with Gasteiger partial charge in [-0.3, -0.25) is 9.00 Å². The van der Waals surface area contributed by atoms with Crippen LogP contribution >= 0.6 is 0 Å². The molecule has 0 aromatic heterocycles. The van der Waals surface area contributed by atoms with Crippen molar-refractivity contribution in [2.24, 2.45) is 0 Å². The van der Waals surface area contributed by atoms with Gasteiger partial charge in [-0.2, -0.15) is 0 Å². The number of aliphatic hydroxyl groups excluding tert-OH is 1. The molecule has 0 saturated carbocycles. The molecular weight excluding hydrogens is 273 g/mol. The highest BCUT2D eigenvalue weighted by molar-refractivity contribution is 8.03. The Morgan fingerprint density at radius 3 is 2.45 bits per heavy atom. The van der Waals surface area contributed by atoms with Crippen LogP contribution in [0.15, 0.2) is 12.7 Å². The van der Waals surface area contributed by atoms with Crippen LogP contribution in [0.25, 0.3) is 0 Å². The molecule has 20 heavy (non-hydrogen) atoms. The smallest absolute Gasteiger partial charge is 0.245 e. The van der Waals surface area contributed by atoms with E-state index >= 15 is 0 Å². The topological polar surface area (TPSA) is 57.6 Å². The third-order valence-electron chi connectivity index (χ3n) is 4.31. The van der Waals surface area contributed by atoms with E-state index in [9.17, 15) is 9.00 Å². The average molecular weight is 303 g/mol. The Morgan fingerprint density at radius 1 is 1.55 bits per heavy atom. The number of hydrogen-bond acceptors (Lipinski definition) is 3. The zero-order chi connectivity index (χ0) is 16.0. The first-order valence-electron chi connectivity index (χ1n) is 7.18. The van der Waals surface area contributed by atoms with E-state index in [0.29, 0.717) is 19.5 Å². The van der Waals surface area contributed by atoms with Gasteiger partial charge in [0.2, 0.25) is 5.91 Å². The summed E-state index contributed by atoms with van der Waals surface area (Å²) >= 11 is 0. The van der Waals surface area contributed by atoms with Gasteiger partial charge >= 0.3 is 0 Å². The van der Waals surface area contributed by atoms with Crippen LogP contribution in [0.3, 0.4) is 0 Å². The summed E-state index contributed by atoms with van der Waals surface area (Å²) in [5.41, 5.74) is 0. The molecule has 0 aromatic rings. The van der Waals surface area contributed by atoms with Crippen molar-refractivity contribution in [3.63, 3.8) is 0 Å². The zero-order valence-corrected chi connectivity index (χ0v) is 14.4. The summed E-state index contributed by atoms with van der Waals surface area (Å²) in [7, 11) is -0.341.